The number of hydrogen-bond donors (Lipinski definition) is 2. The van der Waals surface area contributed by atoms with E-state index in [0.717, 1.165) is 0 Å². The molecule has 180 valence electrons. The second kappa shape index (κ2) is 9.51. The number of allylic oxidation sites excluding steroid dienone is 1. The van der Waals surface area contributed by atoms with E-state index >= 15 is 8.78 Å². The maximum Gasteiger partial charge on any atom is 0.173 e. The normalized spacial score (nSPS) is 15.6. The minimum atomic E-state index is -0.641. The van der Waals surface area contributed by atoms with Gasteiger partial charge in [0.2, 0.25) is 0 Å². The number of nitrogens with zero attached hydrogens (tertiary/aromatic N) is 4. The zero-order chi connectivity index (χ0) is 24.5. The number of thiazole rings is 1. The number of anilines is 2. The van der Waals surface area contributed by atoms with Crippen molar-refractivity contribution in [3.8, 4) is 5.75 Å². The molecule has 3 heterocycles. The summed E-state index contributed by atoms with van der Waals surface area (Å²) in [6.45, 7) is 2.91. The molecule has 0 bridgehead atoms. The fourth-order valence-electron chi connectivity index (χ4n) is 3.85. The maximum atomic E-state index is 16.0. The van der Waals surface area contributed by atoms with Gasteiger partial charge in [-0.2, -0.15) is 0 Å². The van der Waals surface area contributed by atoms with Gasteiger partial charge in [0.25, 0.3) is 0 Å². The summed E-state index contributed by atoms with van der Waals surface area (Å²) < 4.78 is 43.0. The number of nitrogens with two attached hydrogens (primary N) is 1. The molecule has 2 aromatic carbocycles. The molecule has 35 heavy (non-hydrogen) atoms. The molecule has 3 N–H and O–H groups in total. The van der Waals surface area contributed by atoms with Gasteiger partial charge in [-0.15, -0.1) is 11.3 Å². The van der Waals surface area contributed by atoms with Crippen LogP contribution in [0.3, 0.4) is 0 Å². The lowest BCUT2D eigenvalue weighted by Gasteiger charge is -2.32. The average molecular weight is 497 g/mol. The summed E-state index contributed by atoms with van der Waals surface area (Å²) in [4.78, 5) is 16.7. The highest BCUT2D eigenvalue weighted by Gasteiger charge is 2.30. The minimum Gasteiger partial charge on any atom is -0.486 e. The summed E-state index contributed by atoms with van der Waals surface area (Å²) in [7, 11) is 1.57. The third-order valence-electron chi connectivity index (χ3n) is 5.90. The summed E-state index contributed by atoms with van der Waals surface area (Å²) in [5.74, 6) is -0.843. The first-order valence-electron chi connectivity index (χ1n) is 10.9. The Morgan fingerprint density at radius 2 is 2.09 bits per heavy atom. The predicted octanol–water partition coefficient (Wildman–Crippen LogP) is 4.68. The van der Waals surface area contributed by atoms with Gasteiger partial charge in [-0.25, -0.2) is 23.7 Å². The molecule has 1 aliphatic heterocycles. The molecule has 0 saturated carbocycles. The van der Waals surface area contributed by atoms with Gasteiger partial charge in [0.1, 0.15) is 18.2 Å². The van der Waals surface area contributed by atoms with Crippen molar-refractivity contribution in [3.05, 3.63) is 53.4 Å². The zero-order valence-electron chi connectivity index (χ0n) is 19.0. The highest BCUT2D eigenvalue weighted by molar-refractivity contribution is 7.16. The van der Waals surface area contributed by atoms with E-state index in [0.29, 0.717) is 34.5 Å². The van der Waals surface area contributed by atoms with Crippen LogP contribution in [0.2, 0.25) is 0 Å². The van der Waals surface area contributed by atoms with Gasteiger partial charge < -0.3 is 20.5 Å². The molecule has 0 unspecified atom stereocenters. The zero-order valence-corrected chi connectivity index (χ0v) is 19.8. The molecular formula is C24H22F2N6O2S. The van der Waals surface area contributed by atoms with Crippen molar-refractivity contribution in [2.24, 2.45) is 16.6 Å². The van der Waals surface area contributed by atoms with Crippen LogP contribution in [-0.2, 0) is 4.74 Å². The van der Waals surface area contributed by atoms with Gasteiger partial charge in [-0.05, 0) is 25.1 Å². The second-order valence-electron chi connectivity index (χ2n) is 8.07. The summed E-state index contributed by atoms with van der Waals surface area (Å²) in [6, 6.07) is 4.82. The molecule has 2 aromatic heterocycles. The van der Waals surface area contributed by atoms with Crippen LogP contribution in [0.4, 0.5) is 20.3 Å². The number of ether oxygens (including phenoxy) is 2. The standard InChI is InChI=1S/C24H22F2N6O2S/c1-12(14-8-33-9-14)34-22-19-18(5-15(20(22)25)13(6-27)7-28-2)29-10-30-24(19)32-16-3-4-17-23(21(16)26)35-11-31-17/h3-7,10-12,14H,8-9,27H2,1-2H3,(H,29,30,32)/t12-/m1/s1. The SMILES string of the molecule is CN=CC(=CN)c1cc2ncnc(Nc3ccc4ncsc4c3F)c2c(O[C@H](C)C2COC2)c1F. The Morgan fingerprint density at radius 3 is 2.80 bits per heavy atom. The van der Waals surface area contributed by atoms with E-state index < -0.39 is 11.6 Å². The van der Waals surface area contributed by atoms with Crippen molar-refractivity contribution >= 4 is 55.7 Å². The number of fused-ring (bicyclic) bond motifs is 2. The molecule has 0 radical (unpaired) electrons. The molecule has 1 atom stereocenters. The number of aromatic nitrogens is 3. The van der Waals surface area contributed by atoms with Crippen LogP contribution in [0.15, 0.2) is 41.2 Å². The third kappa shape index (κ3) is 4.17. The van der Waals surface area contributed by atoms with Crippen molar-refractivity contribution in [2.75, 3.05) is 25.6 Å². The highest BCUT2D eigenvalue weighted by atomic mass is 32.1. The van der Waals surface area contributed by atoms with Crippen LogP contribution < -0.4 is 15.8 Å². The molecule has 8 nitrogen and oxygen atoms in total. The molecular weight excluding hydrogens is 474 g/mol. The molecule has 1 fully saturated rings. The molecule has 1 aliphatic rings. The smallest absolute Gasteiger partial charge is 0.173 e. The third-order valence-corrected chi connectivity index (χ3v) is 6.74. The van der Waals surface area contributed by atoms with Crippen molar-refractivity contribution < 1.29 is 18.3 Å². The number of halogens is 2. The summed E-state index contributed by atoms with van der Waals surface area (Å²) in [6.07, 6.45) is 3.70. The molecule has 0 spiro atoms. The lowest BCUT2D eigenvalue weighted by Crippen LogP contribution is -2.39. The van der Waals surface area contributed by atoms with E-state index in [2.05, 4.69) is 25.3 Å². The first-order valence-corrected chi connectivity index (χ1v) is 11.7. The molecule has 1 saturated heterocycles. The molecule has 5 rings (SSSR count). The van der Waals surface area contributed by atoms with Gasteiger partial charge in [-0.3, -0.25) is 4.99 Å². The molecule has 11 heteroatoms. The van der Waals surface area contributed by atoms with Gasteiger partial charge in [0.05, 0.1) is 45.5 Å². The van der Waals surface area contributed by atoms with E-state index in [9.17, 15) is 0 Å². The Labute approximate surface area is 203 Å². The summed E-state index contributed by atoms with van der Waals surface area (Å²) >= 11 is 1.19. The Balaban J connectivity index is 1.68. The van der Waals surface area contributed by atoms with Crippen LogP contribution in [-0.4, -0.2) is 47.5 Å². The second-order valence-corrected chi connectivity index (χ2v) is 8.92. The van der Waals surface area contributed by atoms with Crippen LogP contribution in [0.25, 0.3) is 26.7 Å². The van der Waals surface area contributed by atoms with Gasteiger partial charge >= 0.3 is 0 Å². The lowest BCUT2D eigenvalue weighted by molar-refractivity contribution is -0.0780. The minimum absolute atomic E-state index is 0.0527. The van der Waals surface area contributed by atoms with Crippen molar-refractivity contribution in [1.29, 1.82) is 0 Å². The van der Waals surface area contributed by atoms with E-state index in [1.54, 1.807) is 30.8 Å². The van der Waals surface area contributed by atoms with Gasteiger partial charge in [-0.1, -0.05) is 0 Å². The summed E-state index contributed by atoms with van der Waals surface area (Å²) in [5, 5.41) is 3.29. The Hall–Kier alpha value is -3.70. The van der Waals surface area contributed by atoms with Crippen molar-refractivity contribution in [1.82, 2.24) is 15.0 Å². The number of hydrogen-bond acceptors (Lipinski definition) is 9. The monoisotopic (exact) mass is 496 g/mol. The fourth-order valence-corrected chi connectivity index (χ4v) is 4.57. The number of benzene rings is 2. The molecule has 0 amide bonds. The van der Waals surface area contributed by atoms with Crippen LogP contribution in [0.5, 0.6) is 5.75 Å². The maximum absolute atomic E-state index is 16.0. The topological polar surface area (TPSA) is 108 Å². The van der Waals surface area contributed by atoms with Crippen molar-refractivity contribution in [3.63, 3.8) is 0 Å². The number of nitrogens with one attached hydrogen (secondary N) is 1. The number of aliphatic imine (C=N–C) groups is 1. The van der Waals surface area contributed by atoms with Crippen LogP contribution in [0, 0.1) is 17.6 Å². The summed E-state index contributed by atoms with van der Waals surface area (Å²) in [5.41, 5.74) is 9.01. The Kier molecular flexibility index (Phi) is 6.27. The van der Waals surface area contributed by atoms with Gasteiger partial charge in [0.15, 0.2) is 17.4 Å². The average Bonchev–Trinajstić information content (AvgIpc) is 3.30. The lowest BCUT2D eigenvalue weighted by atomic mass is 10.0. The fraction of sp³-hybridized carbons (Fsp3) is 0.250. The first kappa shape index (κ1) is 23.1. The number of rotatable bonds is 7. The highest BCUT2D eigenvalue weighted by Crippen LogP contribution is 2.40. The Bertz CT molecular complexity index is 1470. The predicted molar refractivity (Wildman–Crippen MR) is 133 cm³/mol. The van der Waals surface area contributed by atoms with Crippen molar-refractivity contribution in [2.45, 2.75) is 13.0 Å². The van der Waals surface area contributed by atoms with Crippen LogP contribution in [0.1, 0.15) is 12.5 Å². The largest absolute Gasteiger partial charge is 0.486 e. The van der Waals surface area contributed by atoms with E-state index in [4.69, 9.17) is 15.2 Å². The first-order chi connectivity index (χ1) is 17.0. The molecule has 0 aliphatic carbocycles. The van der Waals surface area contributed by atoms with Crippen LogP contribution >= 0.6 is 11.3 Å². The van der Waals surface area contributed by atoms with E-state index in [1.165, 1.54) is 30.1 Å². The van der Waals surface area contributed by atoms with E-state index in [1.807, 2.05) is 6.92 Å². The van der Waals surface area contributed by atoms with E-state index in [-0.39, 0.29) is 40.2 Å². The Morgan fingerprint density at radius 1 is 1.26 bits per heavy atom. The molecule has 4 aromatic rings. The van der Waals surface area contributed by atoms with Gasteiger partial charge in [0, 0.05) is 36.5 Å². The quantitative estimate of drug-likeness (QED) is 0.358.